The third-order valence-electron chi connectivity index (χ3n) is 4.36. The molecule has 0 saturated heterocycles. The van der Waals surface area contributed by atoms with Crippen LogP contribution in [0.2, 0.25) is 5.02 Å². The first kappa shape index (κ1) is 21.2. The summed E-state index contributed by atoms with van der Waals surface area (Å²) in [6.45, 7) is 6.20. The maximum absolute atomic E-state index is 11.6. The minimum absolute atomic E-state index is 0.354. The van der Waals surface area contributed by atoms with Crippen molar-refractivity contribution in [2.75, 3.05) is 6.54 Å². The van der Waals surface area contributed by atoms with E-state index in [1.165, 1.54) is 6.21 Å². The van der Waals surface area contributed by atoms with Gasteiger partial charge in [-0.25, -0.2) is 4.79 Å². The van der Waals surface area contributed by atoms with Crippen LogP contribution in [0.3, 0.4) is 0 Å². The molecule has 1 aliphatic carbocycles. The van der Waals surface area contributed by atoms with Gasteiger partial charge in [0.25, 0.3) is 0 Å². The van der Waals surface area contributed by atoms with E-state index < -0.39 is 5.60 Å². The van der Waals surface area contributed by atoms with Gasteiger partial charge in [-0.3, -0.25) is 4.98 Å². The molecule has 6 nitrogen and oxygen atoms in total. The molecule has 0 unspecified atom stereocenters. The molecule has 7 heteroatoms. The predicted molar refractivity (Wildman–Crippen MR) is 109 cm³/mol. The Bertz CT molecular complexity index is 679. The van der Waals surface area contributed by atoms with E-state index in [2.05, 4.69) is 15.6 Å². The Labute approximate surface area is 166 Å². The molecule has 148 valence electrons. The summed E-state index contributed by atoms with van der Waals surface area (Å²) in [7, 11) is 0. The fourth-order valence-electron chi connectivity index (χ4n) is 2.99. The zero-order chi connectivity index (χ0) is 19.9. The van der Waals surface area contributed by atoms with Crippen LogP contribution in [0, 0.1) is 11.3 Å². The van der Waals surface area contributed by atoms with Crippen LogP contribution in [0.4, 0.5) is 4.79 Å². The van der Waals surface area contributed by atoms with E-state index >= 15 is 0 Å². The van der Waals surface area contributed by atoms with E-state index in [9.17, 15) is 4.79 Å². The second kappa shape index (κ2) is 9.74. The lowest BCUT2D eigenvalue weighted by Crippen LogP contribution is -2.39. The number of allylic oxidation sites excluding steroid dienone is 1. The van der Waals surface area contributed by atoms with Crippen molar-refractivity contribution in [3.05, 3.63) is 35.2 Å². The highest BCUT2D eigenvalue weighted by Gasteiger charge is 2.27. The highest BCUT2D eigenvalue weighted by atomic mass is 35.5. The van der Waals surface area contributed by atoms with Crippen molar-refractivity contribution in [3.8, 4) is 0 Å². The van der Waals surface area contributed by atoms with Gasteiger partial charge >= 0.3 is 6.09 Å². The van der Waals surface area contributed by atoms with Gasteiger partial charge in [0.05, 0.1) is 10.7 Å². The summed E-state index contributed by atoms with van der Waals surface area (Å²) < 4.78 is 5.21. The van der Waals surface area contributed by atoms with Crippen molar-refractivity contribution in [1.82, 2.24) is 15.6 Å². The molecule has 0 aliphatic heterocycles. The van der Waals surface area contributed by atoms with Crippen LogP contribution in [0.5, 0.6) is 0 Å². The zero-order valence-corrected chi connectivity index (χ0v) is 17.0. The number of hydrogen-bond donors (Lipinski definition) is 3. The van der Waals surface area contributed by atoms with E-state index in [0.29, 0.717) is 34.8 Å². The number of halogens is 1. The molecule has 0 atom stereocenters. The molecular weight excluding hydrogens is 364 g/mol. The van der Waals surface area contributed by atoms with Crippen LogP contribution >= 0.6 is 11.6 Å². The van der Waals surface area contributed by atoms with Gasteiger partial charge in [0.15, 0.2) is 0 Å². The molecule has 2 rings (SSSR count). The quantitative estimate of drug-likeness (QED) is 0.452. The average Bonchev–Trinajstić information content (AvgIpc) is 2.55. The van der Waals surface area contributed by atoms with Gasteiger partial charge in [0, 0.05) is 36.8 Å². The minimum Gasteiger partial charge on any atom is -0.444 e. The van der Waals surface area contributed by atoms with Crippen LogP contribution in [0.25, 0.3) is 5.57 Å². The van der Waals surface area contributed by atoms with E-state index in [4.69, 9.17) is 21.7 Å². The fourth-order valence-corrected chi connectivity index (χ4v) is 3.22. The Balaban J connectivity index is 1.64. The Morgan fingerprint density at radius 2 is 2.19 bits per heavy atom. The third kappa shape index (κ3) is 7.21. The molecule has 0 aromatic carbocycles. The molecule has 1 fully saturated rings. The SMILES string of the molecule is CC(C)(C)OC(=O)NCCCC1CC(N/C=C(\C=N)c2ncccc2Cl)C1. The second-order valence-corrected chi connectivity index (χ2v) is 8.26. The van der Waals surface area contributed by atoms with E-state index in [1.54, 1.807) is 18.3 Å². The number of amides is 1. The van der Waals surface area contributed by atoms with Crippen molar-refractivity contribution in [2.24, 2.45) is 5.92 Å². The second-order valence-electron chi connectivity index (χ2n) is 7.85. The molecule has 1 amide bonds. The zero-order valence-electron chi connectivity index (χ0n) is 16.2. The van der Waals surface area contributed by atoms with E-state index in [0.717, 1.165) is 25.7 Å². The van der Waals surface area contributed by atoms with Crippen molar-refractivity contribution in [2.45, 2.75) is 58.1 Å². The lowest BCUT2D eigenvalue weighted by molar-refractivity contribution is 0.0525. The summed E-state index contributed by atoms with van der Waals surface area (Å²) >= 11 is 6.14. The number of carbonyl (C=O) groups is 1. The Hall–Kier alpha value is -2.08. The van der Waals surface area contributed by atoms with Gasteiger partial charge in [-0.15, -0.1) is 0 Å². The minimum atomic E-state index is -0.459. The molecule has 1 aromatic heterocycles. The number of rotatable bonds is 8. The Morgan fingerprint density at radius 3 is 2.81 bits per heavy atom. The number of ether oxygens (including phenoxy) is 1. The van der Waals surface area contributed by atoms with Gasteiger partial charge in [-0.1, -0.05) is 11.6 Å². The van der Waals surface area contributed by atoms with Crippen LogP contribution in [0.15, 0.2) is 24.5 Å². The normalized spacial score (nSPS) is 19.8. The number of alkyl carbamates (subject to hydrolysis) is 1. The van der Waals surface area contributed by atoms with Crippen LogP contribution in [-0.4, -0.2) is 35.5 Å². The molecule has 1 saturated carbocycles. The molecule has 0 spiro atoms. The van der Waals surface area contributed by atoms with Crippen molar-refractivity contribution >= 4 is 29.5 Å². The monoisotopic (exact) mass is 392 g/mol. The molecule has 0 radical (unpaired) electrons. The fraction of sp³-hybridized carbons (Fsp3) is 0.550. The highest BCUT2D eigenvalue weighted by molar-refractivity contribution is 6.33. The summed E-state index contributed by atoms with van der Waals surface area (Å²) in [5, 5.41) is 14.3. The lowest BCUT2D eigenvalue weighted by atomic mass is 9.77. The van der Waals surface area contributed by atoms with Gasteiger partial charge < -0.3 is 20.8 Å². The Morgan fingerprint density at radius 1 is 1.44 bits per heavy atom. The lowest BCUT2D eigenvalue weighted by Gasteiger charge is -2.35. The highest BCUT2D eigenvalue weighted by Crippen LogP contribution is 2.31. The van der Waals surface area contributed by atoms with E-state index in [-0.39, 0.29) is 6.09 Å². The maximum atomic E-state index is 11.6. The molecule has 27 heavy (non-hydrogen) atoms. The average molecular weight is 393 g/mol. The summed E-state index contributed by atoms with van der Waals surface area (Å²) in [5.41, 5.74) is 0.829. The van der Waals surface area contributed by atoms with Gasteiger partial charge in [-0.05, 0) is 64.5 Å². The predicted octanol–water partition coefficient (Wildman–Crippen LogP) is 4.40. The summed E-state index contributed by atoms with van der Waals surface area (Å²) in [5.74, 6) is 0.665. The molecule has 0 bridgehead atoms. The van der Waals surface area contributed by atoms with E-state index in [1.807, 2.05) is 27.0 Å². The smallest absolute Gasteiger partial charge is 0.407 e. The summed E-state index contributed by atoms with van der Waals surface area (Å²) in [6, 6.07) is 3.95. The summed E-state index contributed by atoms with van der Waals surface area (Å²) in [6.07, 6.45) is 8.61. The number of hydrogen-bond acceptors (Lipinski definition) is 5. The van der Waals surface area contributed by atoms with Gasteiger partial charge in [0.1, 0.15) is 5.60 Å². The Kier molecular flexibility index (Phi) is 7.66. The van der Waals surface area contributed by atoms with Crippen molar-refractivity contribution < 1.29 is 9.53 Å². The van der Waals surface area contributed by atoms with Crippen molar-refractivity contribution in [3.63, 3.8) is 0 Å². The number of carbonyl (C=O) groups excluding carboxylic acids is 1. The molecule has 1 aromatic rings. The van der Waals surface area contributed by atoms with Gasteiger partial charge in [-0.2, -0.15) is 0 Å². The molecule has 1 heterocycles. The topological polar surface area (TPSA) is 87.1 Å². The number of nitrogens with zero attached hydrogens (tertiary/aromatic N) is 1. The maximum Gasteiger partial charge on any atom is 0.407 e. The first-order valence-corrected chi connectivity index (χ1v) is 9.70. The molecule has 1 aliphatic rings. The third-order valence-corrected chi connectivity index (χ3v) is 4.66. The van der Waals surface area contributed by atoms with Crippen LogP contribution in [0.1, 0.15) is 52.1 Å². The molecule has 3 N–H and O–H groups in total. The number of pyridine rings is 1. The number of nitrogens with one attached hydrogen (secondary N) is 3. The standard InChI is InChI=1S/C20H29ClN4O2/c1-20(2,3)27-19(26)24-9-4-6-14-10-16(11-14)25-13-15(12-22)18-17(21)7-5-8-23-18/h5,7-8,12-14,16,22,25H,4,6,9-11H2,1-3H3,(H,24,26)/b15-13+,22-12?. The first-order valence-electron chi connectivity index (χ1n) is 9.33. The van der Waals surface area contributed by atoms with Crippen molar-refractivity contribution in [1.29, 1.82) is 5.41 Å². The first-order chi connectivity index (χ1) is 12.8. The largest absolute Gasteiger partial charge is 0.444 e. The van der Waals surface area contributed by atoms with Crippen LogP contribution in [-0.2, 0) is 4.74 Å². The van der Waals surface area contributed by atoms with Crippen LogP contribution < -0.4 is 10.6 Å². The van der Waals surface area contributed by atoms with Gasteiger partial charge in [0.2, 0.25) is 0 Å². The number of aromatic nitrogens is 1. The summed E-state index contributed by atoms with van der Waals surface area (Å²) in [4.78, 5) is 15.8. The molecular formula is C20H29ClN4O2.